The number of rotatable bonds is 9. The van der Waals surface area contributed by atoms with Crippen molar-refractivity contribution in [3.05, 3.63) is 107 Å². The van der Waals surface area contributed by atoms with Crippen molar-refractivity contribution >= 4 is 46.4 Å². The van der Waals surface area contributed by atoms with E-state index < -0.39 is 17.4 Å². The molecule has 0 aliphatic carbocycles. The van der Waals surface area contributed by atoms with Gasteiger partial charge >= 0.3 is 0 Å². The molecule has 3 aromatic carbocycles. The molecule has 0 saturated carbocycles. The van der Waals surface area contributed by atoms with Gasteiger partial charge < -0.3 is 20.0 Å². The standard InChI is InChI=1S/C36H37ClN4O5/c1-24(7-5-11-33(43)39-20-6-10-29(39)23-42)36(46)30-21-27(37)14-18-32(30)40(35(36)45)22-25-12-15-28(16-13-25)41-34(44)19-17-31(38-41)26-8-3-2-4-9-26/h2-5,7-9,12-16,18,21,24,29,42,46H,6,10-11,17,19-20,22-23H2,1H3/b7-5+/t24-,29-,36+/m0/s1. The molecular formula is C36H37ClN4O5. The number of hydrazone groups is 1. The Bertz CT molecular complexity index is 1690. The third-order valence-corrected chi connectivity index (χ3v) is 9.41. The van der Waals surface area contributed by atoms with Crippen molar-refractivity contribution in [2.24, 2.45) is 11.0 Å². The number of benzene rings is 3. The maximum absolute atomic E-state index is 14.0. The fourth-order valence-electron chi connectivity index (χ4n) is 6.58. The Labute approximate surface area is 273 Å². The Kier molecular flexibility index (Phi) is 9.08. The van der Waals surface area contributed by atoms with Crippen LogP contribution in [0.2, 0.25) is 5.02 Å². The van der Waals surface area contributed by atoms with Gasteiger partial charge in [0.15, 0.2) is 5.60 Å². The van der Waals surface area contributed by atoms with Gasteiger partial charge in [0.2, 0.25) is 11.8 Å². The lowest BCUT2D eigenvalue weighted by Crippen LogP contribution is -2.44. The van der Waals surface area contributed by atoms with Gasteiger partial charge in [-0.2, -0.15) is 5.10 Å². The molecule has 3 aromatic rings. The summed E-state index contributed by atoms with van der Waals surface area (Å²) >= 11 is 6.34. The van der Waals surface area contributed by atoms with Gasteiger partial charge in [-0.05, 0) is 54.3 Å². The van der Waals surface area contributed by atoms with E-state index in [1.165, 1.54) is 5.01 Å². The number of aliphatic hydroxyl groups excluding tert-OH is 1. The summed E-state index contributed by atoms with van der Waals surface area (Å²) in [6, 6.07) is 22.0. The van der Waals surface area contributed by atoms with E-state index in [-0.39, 0.29) is 37.4 Å². The molecule has 0 radical (unpaired) electrons. The average molecular weight is 641 g/mol. The molecule has 1 saturated heterocycles. The van der Waals surface area contributed by atoms with Crippen molar-refractivity contribution in [3.63, 3.8) is 0 Å². The number of nitrogens with zero attached hydrogens (tertiary/aromatic N) is 4. The number of likely N-dealkylation sites (tertiary alicyclic amines) is 1. The first-order valence-corrected chi connectivity index (χ1v) is 16.0. The number of amides is 3. The van der Waals surface area contributed by atoms with Crippen molar-refractivity contribution < 1.29 is 24.6 Å². The summed E-state index contributed by atoms with van der Waals surface area (Å²) in [5.41, 5.74) is 2.34. The van der Waals surface area contributed by atoms with Crippen LogP contribution in [0.3, 0.4) is 0 Å². The molecule has 3 heterocycles. The molecule has 0 spiro atoms. The van der Waals surface area contributed by atoms with E-state index in [1.54, 1.807) is 47.1 Å². The summed E-state index contributed by atoms with van der Waals surface area (Å²) in [4.78, 5) is 42.8. The normalized spacial score (nSPS) is 22.0. The van der Waals surface area contributed by atoms with Gasteiger partial charge in [0.1, 0.15) is 0 Å². The zero-order chi connectivity index (χ0) is 32.4. The lowest BCUT2D eigenvalue weighted by molar-refractivity contribution is -0.139. The number of halogens is 1. The van der Waals surface area contributed by atoms with Crippen LogP contribution in [0.15, 0.2) is 90.0 Å². The van der Waals surface area contributed by atoms with Crippen molar-refractivity contribution in [2.75, 3.05) is 23.1 Å². The second-order valence-corrected chi connectivity index (χ2v) is 12.5. The molecule has 3 aliphatic rings. The summed E-state index contributed by atoms with van der Waals surface area (Å²) in [6.07, 6.45) is 6.07. The van der Waals surface area contributed by atoms with Crippen LogP contribution in [-0.2, 0) is 26.5 Å². The van der Waals surface area contributed by atoms with E-state index in [9.17, 15) is 24.6 Å². The van der Waals surface area contributed by atoms with E-state index in [2.05, 4.69) is 5.10 Å². The van der Waals surface area contributed by atoms with Gasteiger partial charge in [0.25, 0.3) is 5.91 Å². The fourth-order valence-corrected chi connectivity index (χ4v) is 6.75. The molecule has 1 fully saturated rings. The number of fused-ring (bicyclic) bond motifs is 1. The lowest BCUT2D eigenvalue weighted by atomic mass is 9.83. The predicted octanol–water partition coefficient (Wildman–Crippen LogP) is 5.17. The molecule has 6 rings (SSSR count). The van der Waals surface area contributed by atoms with E-state index >= 15 is 0 Å². The number of aliphatic hydroxyl groups is 2. The molecule has 0 unspecified atom stereocenters. The topological polar surface area (TPSA) is 114 Å². The van der Waals surface area contributed by atoms with Crippen molar-refractivity contribution in [3.8, 4) is 0 Å². The Morgan fingerprint density at radius 3 is 2.59 bits per heavy atom. The molecule has 2 N–H and O–H groups in total. The van der Waals surface area contributed by atoms with E-state index in [1.807, 2.05) is 54.6 Å². The van der Waals surface area contributed by atoms with Crippen LogP contribution in [0.25, 0.3) is 0 Å². The van der Waals surface area contributed by atoms with Crippen molar-refractivity contribution in [1.82, 2.24) is 4.90 Å². The van der Waals surface area contributed by atoms with Crippen LogP contribution >= 0.6 is 11.6 Å². The lowest BCUT2D eigenvalue weighted by Gasteiger charge is -2.28. The monoisotopic (exact) mass is 640 g/mol. The van der Waals surface area contributed by atoms with Crippen molar-refractivity contribution in [2.45, 2.75) is 57.2 Å². The number of hydrogen-bond donors (Lipinski definition) is 2. The third kappa shape index (κ3) is 5.98. The highest BCUT2D eigenvalue weighted by atomic mass is 35.5. The second-order valence-electron chi connectivity index (χ2n) is 12.1. The molecule has 238 valence electrons. The van der Waals surface area contributed by atoms with Gasteiger partial charge in [0.05, 0.1) is 36.3 Å². The zero-order valence-electron chi connectivity index (χ0n) is 25.7. The van der Waals surface area contributed by atoms with E-state index in [4.69, 9.17) is 11.6 Å². The van der Waals surface area contributed by atoms with Crippen molar-refractivity contribution in [1.29, 1.82) is 0 Å². The Balaban J connectivity index is 1.19. The summed E-state index contributed by atoms with van der Waals surface area (Å²) < 4.78 is 0. The molecule has 10 heteroatoms. The van der Waals surface area contributed by atoms with Gasteiger partial charge in [-0.15, -0.1) is 0 Å². The summed E-state index contributed by atoms with van der Waals surface area (Å²) in [5, 5.41) is 28.0. The SMILES string of the molecule is C[C@@H](/C=C/CC(=O)N1CCC[C@H]1CO)[C@]1(O)C(=O)N(Cc2ccc(N3N=C(c4ccccc4)CCC3=O)cc2)c2ccc(Cl)cc21. The van der Waals surface area contributed by atoms with Gasteiger partial charge in [-0.3, -0.25) is 14.4 Å². The molecule has 9 nitrogen and oxygen atoms in total. The third-order valence-electron chi connectivity index (χ3n) is 9.18. The van der Waals surface area contributed by atoms with Gasteiger partial charge in [-0.1, -0.05) is 73.1 Å². The highest BCUT2D eigenvalue weighted by Crippen LogP contribution is 2.46. The van der Waals surface area contributed by atoms with E-state index in [0.29, 0.717) is 41.3 Å². The summed E-state index contributed by atoms with van der Waals surface area (Å²) in [7, 11) is 0. The average Bonchev–Trinajstić information content (AvgIpc) is 3.64. The predicted molar refractivity (Wildman–Crippen MR) is 177 cm³/mol. The second kappa shape index (κ2) is 13.2. The Morgan fingerprint density at radius 2 is 1.85 bits per heavy atom. The molecule has 3 amide bonds. The van der Waals surface area contributed by atoms with Crippen LogP contribution in [0.4, 0.5) is 11.4 Å². The number of anilines is 2. The fraction of sp³-hybridized carbons (Fsp3) is 0.333. The van der Waals surface area contributed by atoms with Gasteiger partial charge in [0, 0.05) is 42.3 Å². The molecule has 46 heavy (non-hydrogen) atoms. The molecule has 0 bridgehead atoms. The van der Waals surface area contributed by atoms with Crippen LogP contribution in [0.1, 0.15) is 55.7 Å². The minimum Gasteiger partial charge on any atom is -0.394 e. The zero-order valence-corrected chi connectivity index (χ0v) is 26.4. The minimum atomic E-state index is -1.89. The van der Waals surface area contributed by atoms with Crippen LogP contribution < -0.4 is 9.91 Å². The summed E-state index contributed by atoms with van der Waals surface area (Å²) in [6.45, 7) is 2.49. The molecule has 0 aromatic heterocycles. The largest absolute Gasteiger partial charge is 0.394 e. The van der Waals surface area contributed by atoms with Crippen LogP contribution in [0, 0.1) is 5.92 Å². The first kappa shape index (κ1) is 31.7. The first-order valence-electron chi connectivity index (χ1n) is 15.7. The van der Waals surface area contributed by atoms with Gasteiger partial charge in [-0.25, -0.2) is 5.01 Å². The first-order chi connectivity index (χ1) is 22.2. The van der Waals surface area contributed by atoms with Crippen LogP contribution in [-0.4, -0.2) is 57.7 Å². The Hall–Kier alpha value is -4.31. The molecular weight excluding hydrogens is 604 g/mol. The Morgan fingerprint density at radius 1 is 1.09 bits per heavy atom. The highest BCUT2D eigenvalue weighted by molar-refractivity contribution is 6.31. The summed E-state index contributed by atoms with van der Waals surface area (Å²) in [5.74, 6) is -1.33. The van der Waals surface area contributed by atoms with E-state index in [0.717, 1.165) is 29.7 Å². The number of hydrogen-bond acceptors (Lipinski definition) is 6. The number of carbonyl (C=O) groups excluding carboxylic acids is 3. The molecule has 3 aliphatic heterocycles. The highest BCUT2D eigenvalue weighted by Gasteiger charge is 2.52. The quantitative estimate of drug-likeness (QED) is 0.313. The maximum Gasteiger partial charge on any atom is 0.264 e. The maximum atomic E-state index is 14.0. The minimum absolute atomic E-state index is 0.0598. The number of carbonyl (C=O) groups is 3. The molecule has 3 atom stereocenters. The van der Waals surface area contributed by atoms with Crippen LogP contribution in [0.5, 0.6) is 0 Å². The smallest absolute Gasteiger partial charge is 0.264 e.